The number of carbonyl (C=O) groups is 1. The number of anilines is 1. The second-order valence-corrected chi connectivity index (χ2v) is 6.13. The highest BCUT2D eigenvalue weighted by Gasteiger charge is 2.24. The van der Waals surface area contributed by atoms with Gasteiger partial charge in [0.05, 0.1) is 6.54 Å². The molecule has 0 radical (unpaired) electrons. The third kappa shape index (κ3) is 6.68. The van der Waals surface area contributed by atoms with E-state index < -0.39 is 0 Å². The lowest BCUT2D eigenvalue weighted by atomic mass is 9.96. The third-order valence-electron chi connectivity index (χ3n) is 4.32. The van der Waals surface area contributed by atoms with Crippen LogP contribution in [0.15, 0.2) is 23.3 Å². The van der Waals surface area contributed by atoms with Gasteiger partial charge in [0.1, 0.15) is 5.82 Å². The first-order valence-electron chi connectivity index (χ1n) is 8.63. The monoisotopic (exact) mass is 460 g/mol. The Kier molecular flexibility index (Phi) is 9.54. The van der Waals surface area contributed by atoms with Gasteiger partial charge < -0.3 is 21.7 Å². The summed E-state index contributed by atoms with van der Waals surface area (Å²) in [6.07, 6.45) is 5.52. The lowest BCUT2D eigenvalue weighted by Gasteiger charge is -2.32. The van der Waals surface area contributed by atoms with Crippen molar-refractivity contribution in [2.75, 3.05) is 24.5 Å². The van der Waals surface area contributed by atoms with E-state index in [4.69, 9.17) is 11.5 Å². The zero-order valence-electron chi connectivity index (χ0n) is 14.8. The van der Waals surface area contributed by atoms with Crippen LogP contribution in [-0.2, 0) is 11.3 Å². The SMILES string of the molecule is CCCCNC(N)=NCc1cccnc1N1CCC(C(N)=O)CC1.I. The fraction of sp³-hybridized carbons (Fsp3) is 0.588. The second-order valence-electron chi connectivity index (χ2n) is 6.13. The summed E-state index contributed by atoms with van der Waals surface area (Å²) in [6, 6.07) is 3.93. The van der Waals surface area contributed by atoms with Gasteiger partial charge in [0.15, 0.2) is 5.96 Å². The zero-order chi connectivity index (χ0) is 17.4. The molecule has 0 aliphatic carbocycles. The van der Waals surface area contributed by atoms with E-state index in [-0.39, 0.29) is 35.8 Å². The number of aromatic nitrogens is 1. The van der Waals surface area contributed by atoms with Crippen molar-refractivity contribution in [3.8, 4) is 0 Å². The maximum atomic E-state index is 11.3. The standard InChI is InChI=1S/C17H28N6O.HI/c1-2-3-8-21-17(19)22-12-14-5-4-9-20-16(14)23-10-6-13(7-11-23)15(18)24;/h4-5,9,13H,2-3,6-8,10-12H2,1H3,(H2,18,24)(H3,19,21,22);1H. The van der Waals surface area contributed by atoms with Crippen molar-refractivity contribution in [2.45, 2.75) is 39.2 Å². The molecule has 1 saturated heterocycles. The number of nitrogens with zero attached hydrogens (tertiary/aromatic N) is 3. The van der Waals surface area contributed by atoms with Gasteiger partial charge in [-0.25, -0.2) is 9.98 Å². The van der Waals surface area contributed by atoms with E-state index in [1.165, 1.54) is 0 Å². The minimum absolute atomic E-state index is 0. The molecule has 1 fully saturated rings. The number of pyridine rings is 1. The molecule has 1 aliphatic rings. The summed E-state index contributed by atoms with van der Waals surface area (Å²) in [4.78, 5) is 22.4. The number of amides is 1. The van der Waals surface area contributed by atoms with E-state index in [0.717, 1.165) is 56.7 Å². The van der Waals surface area contributed by atoms with E-state index in [0.29, 0.717) is 12.5 Å². The van der Waals surface area contributed by atoms with E-state index in [1.807, 2.05) is 12.1 Å². The highest BCUT2D eigenvalue weighted by Crippen LogP contribution is 2.24. The van der Waals surface area contributed by atoms with Gasteiger partial charge in [-0.2, -0.15) is 0 Å². The van der Waals surface area contributed by atoms with Gasteiger partial charge in [-0.1, -0.05) is 19.4 Å². The molecule has 0 spiro atoms. The van der Waals surface area contributed by atoms with Crippen LogP contribution in [0.1, 0.15) is 38.2 Å². The topological polar surface area (TPSA) is 110 Å². The van der Waals surface area contributed by atoms with Gasteiger partial charge in [0.2, 0.25) is 5.91 Å². The van der Waals surface area contributed by atoms with Gasteiger partial charge in [-0.3, -0.25) is 4.79 Å². The van der Waals surface area contributed by atoms with Crippen LogP contribution in [-0.4, -0.2) is 36.5 Å². The fourth-order valence-corrected chi connectivity index (χ4v) is 2.83. The molecule has 1 aromatic rings. The lowest BCUT2D eigenvalue weighted by Crippen LogP contribution is -2.39. The number of halogens is 1. The minimum Gasteiger partial charge on any atom is -0.370 e. The maximum absolute atomic E-state index is 11.3. The number of nitrogens with one attached hydrogen (secondary N) is 1. The number of carbonyl (C=O) groups excluding carboxylic acids is 1. The molecule has 0 atom stereocenters. The summed E-state index contributed by atoms with van der Waals surface area (Å²) >= 11 is 0. The van der Waals surface area contributed by atoms with Crippen molar-refractivity contribution in [1.29, 1.82) is 0 Å². The molecule has 1 amide bonds. The highest BCUT2D eigenvalue weighted by molar-refractivity contribution is 14.0. The van der Waals surface area contributed by atoms with Crippen LogP contribution in [0.4, 0.5) is 5.82 Å². The Morgan fingerprint density at radius 1 is 1.40 bits per heavy atom. The van der Waals surface area contributed by atoms with Gasteiger partial charge in [-0.15, -0.1) is 24.0 Å². The molecule has 8 heteroatoms. The summed E-state index contributed by atoms with van der Waals surface area (Å²) in [6.45, 7) is 5.03. The van der Waals surface area contributed by atoms with Crippen LogP contribution in [0.3, 0.4) is 0 Å². The summed E-state index contributed by atoms with van der Waals surface area (Å²) in [5, 5.41) is 3.11. The maximum Gasteiger partial charge on any atom is 0.220 e. The van der Waals surface area contributed by atoms with Crippen molar-refractivity contribution in [1.82, 2.24) is 10.3 Å². The fourth-order valence-electron chi connectivity index (χ4n) is 2.83. The Morgan fingerprint density at radius 2 is 2.12 bits per heavy atom. The quantitative estimate of drug-likeness (QED) is 0.248. The second kappa shape index (κ2) is 11.1. The lowest BCUT2D eigenvalue weighted by molar-refractivity contribution is -0.122. The van der Waals surface area contributed by atoms with Crippen molar-refractivity contribution in [3.05, 3.63) is 23.9 Å². The number of guanidine groups is 1. The molecule has 0 unspecified atom stereocenters. The molecular weight excluding hydrogens is 431 g/mol. The largest absolute Gasteiger partial charge is 0.370 e. The molecule has 7 nitrogen and oxygen atoms in total. The number of rotatable bonds is 7. The van der Waals surface area contributed by atoms with Crippen molar-refractivity contribution in [3.63, 3.8) is 0 Å². The Bertz CT molecular complexity index is 572. The number of hydrogen-bond acceptors (Lipinski definition) is 4. The van der Waals surface area contributed by atoms with Crippen LogP contribution in [0, 0.1) is 5.92 Å². The molecule has 140 valence electrons. The van der Waals surface area contributed by atoms with Crippen LogP contribution >= 0.6 is 24.0 Å². The van der Waals surface area contributed by atoms with Crippen molar-refractivity contribution >= 4 is 41.7 Å². The van der Waals surface area contributed by atoms with Crippen LogP contribution < -0.4 is 21.7 Å². The highest BCUT2D eigenvalue weighted by atomic mass is 127. The van der Waals surface area contributed by atoms with E-state index >= 15 is 0 Å². The molecule has 0 aromatic carbocycles. The summed E-state index contributed by atoms with van der Waals surface area (Å²) < 4.78 is 0. The number of aliphatic imine (C=N–C) groups is 1. The van der Waals surface area contributed by atoms with Crippen molar-refractivity contribution < 1.29 is 4.79 Å². The van der Waals surface area contributed by atoms with E-state index in [2.05, 4.69) is 27.1 Å². The molecule has 25 heavy (non-hydrogen) atoms. The van der Waals surface area contributed by atoms with Gasteiger partial charge in [-0.05, 0) is 25.3 Å². The normalized spacial score (nSPS) is 15.6. The number of unbranched alkanes of at least 4 members (excludes halogenated alkanes) is 1. The molecule has 1 aromatic heterocycles. The Hall–Kier alpha value is -1.58. The van der Waals surface area contributed by atoms with E-state index in [1.54, 1.807) is 6.20 Å². The average Bonchev–Trinajstić information content (AvgIpc) is 2.60. The van der Waals surface area contributed by atoms with E-state index in [9.17, 15) is 4.79 Å². The third-order valence-corrected chi connectivity index (χ3v) is 4.32. The summed E-state index contributed by atoms with van der Waals surface area (Å²) in [7, 11) is 0. The molecule has 0 saturated carbocycles. The molecule has 1 aliphatic heterocycles. The number of primary amides is 1. The Morgan fingerprint density at radius 3 is 2.76 bits per heavy atom. The average molecular weight is 460 g/mol. The zero-order valence-corrected chi connectivity index (χ0v) is 17.1. The molecule has 5 N–H and O–H groups in total. The number of nitrogens with two attached hydrogens (primary N) is 2. The van der Waals surface area contributed by atoms with Gasteiger partial charge in [0, 0.05) is 37.3 Å². The number of piperidine rings is 1. The molecule has 2 heterocycles. The van der Waals surface area contributed by atoms with Crippen LogP contribution in [0.25, 0.3) is 0 Å². The summed E-state index contributed by atoms with van der Waals surface area (Å²) in [5.41, 5.74) is 12.3. The van der Waals surface area contributed by atoms with Gasteiger partial charge >= 0.3 is 0 Å². The van der Waals surface area contributed by atoms with Crippen LogP contribution in [0.2, 0.25) is 0 Å². The first kappa shape index (κ1) is 21.5. The molecular formula is C17H29IN6O. The predicted octanol–water partition coefficient (Wildman–Crippen LogP) is 1.61. The molecule has 2 rings (SSSR count). The first-order chi connectivity index (χ1) is 11.6. The predicted molar refractivity (Wildman–Crippen MR) is 112 cm³/mol. The minimum atomic E-state index is -0.202. The Balaban J connectivity index is 0.00000312. The smallest absolute Gasteiger partial charge is 0.220 e. The molecule has 0 bridgehead atoms. The Labute approximate surface area is 166 Å². The van der Waals surface area contributed by atoms with Crippen molar-refractivity contribution in [2.24, 2.45) is 22.4 Å². The van der Waals surface area contributed by atoms with Gasteiger partial charge in [0.25, 0.3) is 0 Å². The first-order valence-corrected chi connectivity index (χ1v) is 8.63. The summed E-state index contributed by atoms with van der Waals surface area (Å²) in [5.74, 6) is 1.16. The number of hydrogen-bond donors (Lipinski definition) is 3. The van der Waals surface area contributed by atoms with Crippen LogP contribution in [0.5, 0.6) is 0 Å².